The number of alkyl halides is 3. The molecule has 0 saturated carbocycles. The number of likely N-dealkylation sites (tertiary alicyclic amines) is 1. The van der Waals surface area contributed by atoms with Gasteiger partial charge in [0.15, 0.2) is 5.69 Å². The Hall–Kier alpha value is -4.01. The number of rotatable bonds is 10. The van der Waals surface area contributed by atoms with Crippen molar-refractivity contribution in [1.29, 1.82) is 0 Å². The highest BCUT2D eigenvalue weighted by Gasteiger charge is 2.41. The van der Waals surface area contributed by atoms with E-state index < -0.39 is 53.7 Å². The Bertz CT molecular complexity index is 1640. The second kappa shape index (κ2) is 15.1. The molecule has 1 saturated heterocycles. The molecular weight excluding hydrogens is 670 g/mol. The van der Waals surface area contributed by atoms with Gasteiger partial charge in [-0.3, -0.25) is 14.4 Å². The summed E-state index contributed by atoms with van der Waals surface area (Å²) in [5, 5.41) is 18.6. The van der Waals surface area contributed by atoms with Crippen LogP contribution in [0.25, 0.3) is 11.8 Å². The number of para-hydroxylation sites is 1. The van der Waals surface area contributed by atoms with Crippen LogP contribution in [0.2, 0.25) is 10.0 Å². The number of carboxylic acids is 1. The molecule has 0 aliphatic carbocycles. The third kappa shape index (κ3) is 8.22. The number of nitrogens with one attached hydrogen (secondary N) is 2. The Morgan fingerprint density at radius 1 is 1.09 bits per heavy atom. The van der Waals surface area contributed by atoms with Gasteiger partial charge in [-0.05, 0) is 48.9 Å². The summed E-state index contributed by atoms with van der Waals surface area (Å²) in [6.45, 7) is -0.233. The largest absolute Gasteiger partial charge is 0.480 e. The molecular formula is C30H28Cl2F3N5O5S. The highest BCUT2D eigenvalue weighted by Crippen LogP contribution is 2.35. The zero-order chi connectivity index (χ0) is 33.6. The van der Waals surface area contributed by atoms with E-state index in [1.165, 1.54) is 47.0 Å². The van der Waals surface area contributed by atoms with Gasteiger partial charge in [-0.15, -0.1) is 11.8 Å². The van der Waals surface area contributed by atoms with Crippen LogP contribution in [0.1, 0.15) is 34.5 Å². The Morgan fingerprint density at radius 3 is 2.37 bits per heavy atom. The maximum Gasteiger partial charge on any atom is 0.434 e. The normalized spacial score (nSPS) is 14.7. The topological polar surface area (TPSA) is 134 Å². The average Bonchev–Trinajstić information content (AvgIpc) is 3.50. The molecule has 46 heavy (non-hydrogen) atoms. The van der Waals surface area contributed by atoms with Crippen LogP contribution in [0.15, 0.2) is 59.6 Å². The highest BCUT2D eigenvalue weighted by molar-refractivity contribution is 7.98. The lowest BCUT2D eigenvalue weighted by atomic mass is 9.95. The van der Waals surface area contributed by atoms with Crippen LogP contribution in [0, 0.1) is 5.92 Å². The van der Waals surface area contributed by atoms with Gasteiger partial charge in [-0.25, -0.2) is 9.48 Å². The molecule has 10 nitrogen and oxygen atoms in total. The maximum absolute atomic E-state index is 13.9. The number of hydrogen-bond acceptors (Lipinski definition) is 6. The fourth-order valence-corrected chi connectivity index (χ4v) is 5.97. The highest BCUT2D eigenvalue weighted by atomic mass is 35.5. The quantitative estimate of drug-likeness (QED) is 0.197. The molecule has 244 valence electrons. The number of halogens is 5. The van der Waals surface area contributed by atoms with Crippen molar-refractivity contribution >= 4 is 64.7 Å². The molecule has 1 atom stereocenters. The van der Waals surface area contributed by atoms with Crippen molar-refractivity contribution < 1.29 is 37.5 Å². The van der Waals surface area contributed by atoms with Crippen molar-refractivity contribution in [2.24, 2.45) is 5.92 Å². The Kier molecular flexibility index (Phi) is 11.4. The monoisotopic (exact) mass is 697 g/mol. The molecule has 1 aromatic heterocycles. The number of carbonyl (C=O) groups excluding carboxylic acids is 3. The number of piperidine rings is 1. The smallest absolute Gasteiger partial charge is 0.434 e. The van der Waals surface area contributed by atoms with Crippen LogP contribution in [0.5, 0.6) is 0 Å². The van der Waals surface area contributed by atoms with E-state index in [9.17, 15) is 37.5 Å². The number of aromatic nitrogens is 2. The standard InChI is InChI=1S/C30H28Cl2F3N5O5S/c1-46-22-9-7-17(24(31)25(22)32)8-10-23(41)39-13-11-18(12-14-39)27(42)38-21(29(44)45)16-36-28(43)20-15-37-40(26(20)30(33,34)35)19-5-3-2-4-6-19/h2-10,15,18,21H,11-14,16H2,1H3,(H,36,43)(H,38,42)(H,44,45)/b10-8+/t21-/m0/s1. The fourth-order valence-electron chi connectivity index (χ4n) is 4.79. The first-order valence-corrected chi connectivity index (χ1v) is 15.8. The molecule has 0 radical (unpaired) electrons. The van der Waals surface area contributed by atoms with E-state index in [0.717, 1.165) is 11.1 Å². The van der Waals surface area contributed by atoms with E-state index in [1.807, 2.05) is 6.26 Å². The lowest BCUT2D eigenvalue weighted by Gasteiger charge is -2.31. The van der Waals surface area contributed by atoms with E-state index in [2.05, 4.69) is 15.7 Å². The Labute approximate surface area is 275 Å². The number of benzene rings is 2. The number of carboxylic acid groups (broad SMARTS) is 1. The van der Waals surface area contributed by atoms with Crippen LogP contribution < -0.4 is 10.6 Å². The van der Waals surface area contributed by atoms with E-state index in [1.54, 1.807) is 24.3 Å². The summed E-state index contributed by atoms with van der Waals surface area (Å²) in [7, 11) is 0. The number of amides is 3. The lowest BCUT2D eigenvalue weighted by molar-refractivity contribution is -0.143. The van der Waals surface area contributed by atoms with Crippen LogP contribution in [0.4, 0.5) is 13.2 Å². The molecule has 1 aliphatic rings. The molecule has 4 rings (SSSR count). The summed E-state index contributed by atoms with van der Waals surface area (Å²) in [6.07, 6.45) is 1.05. The molecule has 3 amide bonds. The zero-order valence-electron chi connectivity index (χ0n) is 24.2. The van der Waals surface area contributed by atoms with Crippen molar-refractivity contribution in [2.75, 3.05) is 25.9 Å². The predicted molar refractivity (Wildman–Crippen MR) is 167 cm³/mol. The second-order valence-corrected chi connectivity index (χ2v) is 11.8. The molecule has 0 bridgehead atoms. The van der Waals surface area contributed by atoms with Crippen molar-refractivity contribution in [3.63, 3.8) is 0 Å². The first kappa shape index (κ1) is 34.9. The zero-order valence-corrected chi connectivity index (χ0v) is 26.5. The molecule has 1 aliphatic heterocycles. The minimum Gasteiger partial charge on any atom is -0.480 e. The third-order valence-corrected chi connectivity index (χ3v) is 9.03. The summed E-state index contributed by atoms with van der Waals surface area (Å²) >= 11 is 14.0. The Balaban J connectivity index is 1.33. The SMILES string of the molecule is CSc1ccc(/C=C/C(=O)N2CCC(C(=O)N[C@@H](CNC(=O)c3cnn(-c4ccccc4)c3C(F)(F)F)C(=O)O)CC2)c(Cl)c1Cl. The number of thioether (sulfide) groups is 1. The summed E-state index contributed by atoms with van der Waals surface area (Å²) < 4.78 is 42.3. The summed E-state index contributed by atoms with van der Waals surface area (Å²) in [4.78, 5) is 52.6. The number of carbonyl (C=O) groups is 4. The van der Waals surface area contributed by atoms with Crippen molar-refractivity contribution in [1.82, 2.24) is 25.3 Å². The van der Waals surface area contributed by atoms with Crippen LogP contribution in [0.3, 0.4) is 0 Å². The van der Waals surface area contributed by atoms with Gasteiger partial charge in [-0.1, -0.05) is 47.5 Å². The molecule has 0 spiro atoms. The van der Waals surface area contributed by atoms with Crippen LogP contribution in [-0.4, -0.2) is 75.4 Å². The third-order valence-electron chi connectivity index (χ3n) is 7.24. The fraction of sp³-hybridized carbons (Fsp3) is 0.300. The van der Waals surface area contributed by atoms with Gasteiger partial charge in [0.05, 0.1) is 27.5 Å². The van der Waals surface area contributed by atoms with Crippen LogP contribution >= 0.6 is 35.0 Å². The maximum atomic E-state index is 13.9. The van der Waals surface area contributed by atoms with E-state index in [0.29, 0.717) is 20.3 Å². The number of aliphatic carboxylic acids is 1. The van der Waals surface area contributed by atoms with Gasteiger partial charge >= 0.3 is 12.1 Å². The number of nitrogens with zero attached hydrogens (tertiary/aromatic N) is 3. The van der Waals surface area contributed by atoms with Crippen molar-refractivity contribution in [3.05, 3.63) is 81.6 Å². The first-order chi connectivity index (χ1) is 21.8. The van der Waals surface area contributed by atoms with Crippen LogP contribution in [-0.2, 0) is 20.6 Å². The molecule has 16 heteroatoms. The van der Waals surface area contributed by atoms with E-state index in [-0.39, 0.29) is 37.5 Å². The second-order valence-electron chi connectivity index (χ2n) is 10.2. The molecule has 3 N–H and O–H groups in total. The van der Waals surface area contributed by atoms with Gasteiger partial charge in [0, 0.05) is 36.5 Å². The number of hydrogen-bond donors (Lipinski definition) is 3. The molecule has 3 aromatic rings. The molecule has 2 aromatic carbocycles. The summed E-state index contributed by atoms with van der Waals surface area (Å²) in [6, 6.07) is 9.31. The average molecular weight is 699 g/mol. The van der Waals surface area contributed by atoms with Crippen molar-refractivity contribution in [2.45, 2.75) is 30.0 Å². The van der Waals surface area contributed by atoms with Gasteiger partial charge in [-0.2, -0.15) is 18.3 Å². The minimum atomic E-state index is -4.95. The molecule has 2 heterocycles. The van der Waals surface area contributed by atoms with Gasteiger partial charge < -0.3 is 20.6 Å². The lowest BCUT2D eigenvalue weighted by Crippen LogP contribution is -2.51. The van der Waals surface area contributed by atoms with E-state index >= 15 is 0 Å². The van der Waals surface area contributed by atoms with E-state index in [4.69, 9.17) is 23.2 Å². The van der Waals surface area contributed by atoms with Crippen molar-refractivity contribution in [3.8, 4) is 5.69 Å². The molecule has 1 fully saturated rings. The minimum absolute atomic E-state index is 0.0728. The summed E-state index contributed by atoms with van der Waals surface area (Å²) in [5.74, 6) is -4.25. The summed E-state index contributed by atoms with van der Waals surface area (Å²) in [5.41, 5.74) is -1.49. The first-order valence-electron chi connectivity index (χ1n) is 13.8. The Morgan fingerprint density at radius 2 is 1.76 bits per heavy atom. The van der Waals surface area contributed by atoms with Gasteiger partial charge in [0.25, 0.3) is 5.91 Å². The van der Waals surface area contributed by atoms with Gasteiger partial charge in [0.2, 0.25) is 11.8 Å². The van der Waals surface area contributed by atoms with Gasteiger partial charge in [0.1, 0.15) is 6.04 Å². The predicted octanol–water partition coefficient (Wildman–Crippen LogP) is 5.17. The molecule has 0 unspecified atom stereocenters.